The molecule has 0 saturated carbocycles. The number of carbonyl (C=O) groups is 2. The van der Waals surface area contributed by atoms with Gasteiger partial charge in [-0.15, -0.1) is 0 Å². The molecule has 0 aromatic heterocycles. The summed E-state index contributed by atoms with van der Waals surface area (Å²) in [5.41, 5.74) is 5.56. The second-order valence-corrected chi connectivity index (χ2v) is 5.63. The van der Waals surface area contributed by atoms with E-state index in [9.17, 15) is 9.59 Å². The molecule has 0 radical (unpaired) electrons. The molecule has 0 fully saturated rings. The van der Waals surface area contributed by atoms with E-state index < -0.39 is 11.9 Å². The van der Waals surface area contributed by atoms with Gasteiger partial charge in [0.05, 0.1) is 11.1 Å². The van der Waals surface area contributed by atoms with E-state index in [1.807, 2.05) is 48.5 Å². The number of rotatable bonds is 0. The van der Waals surface area contributed by atoms with Gasteiger partial charge in [0, 0.05) is 11.8 Å². The Kier molecular flexibility index (Phi) is 1.84. The number of hydrogen-bond donors (Lipinski definition) is 0. The van der Waals surface area contributed by atoms with Crippen LogP contribution in [0.15, 0.2) is 59.7 Å². The van der Waals surface area contributed by atoms with E-state index in [1.54, 1.807) is 0 Å². The minimum atomic E-state index is -0.478. The zero-order valence-corrected chi connectivity index (χ0v) is 11.0. The molecule has 0 atom stereocenters. The van der Waals surface area contributed by atoms with Crippen LogP contribution in [-0.2, 0) is 14.3 Å². The van der Waals surface area contributed by atoms with Crippen LogP contribution in [0.1, 0.15) is 34.1 Å². The maximum Gasteiger partial charge on any atom is 0.343 e. The molecule has 4 aliphatic rings. The Bertz CT molecular complexity index is 758. The van der Waals surface area contributed by atoms with Crippen molar-refractivity contribution >= 4 is 11.9 Å². The normalized spacial score (nSPS) is 24.6. The molecule has 1 heterocycles. The van der Waals surface area contributed by atoms with Crippen molar-refractivity contribution in [2.24, 2.45) is 0 Å². The fraction of sp³-hybridized carbons (Fsp3) is 0.111. The third-order valence-corrected chi connectivity index (χ3v) is 4.73. The standard InChI is InChI=1S/C18H10O3/c19-17-15-13-9-5-1-2-6-10(9)14(16(15)18(20)21-17)12-8-4-3-7-11(12)13/h1-8,13-14H. The summed E-state index contributed by atoms with van der Waals surface area (Å²) in [7, 11) is 0. The first kappa shape index (κ1) is 11.0. The van der Waals surface area contributed by atoms with Crippen molar-refractivity contribution in [3.05, 3.63) is 81.9 Å². The molecule has 6 rings (SSSR count). The minimum absolute atomic E-state index is 0.170. The summed E-state index contributed by atoms with van der Waals surface area (Å²) in [4.78, 5) is 24.3. The lowest BCUT2D eigenvalue weighted by molar-refractivity contribution is -0.151. The zero-order valence-electron chi connectivity index (χ0n) is 11.0. The van der Waals surface area contributed by atoms with Crippen LogP contribution < -0.4 is 0 Å². The maximum atomic E-state index is 12.1. The van der Waals surface area contributed by atoms with E-state index in [-0.39, 0.29) is 11.8 Å². The monoisotopic (exact) mass is 274 g/mol. The molecule has 3 heteroatoms. The Hall–Kier alpha value is -2.68. The predicted octanol–water partition coefficient (Wildman–Crippen LogP) is 2.66. The van der Waals surface area contributed by atoms with Gasteiger partial charge in [-0.3, -0.25) is 0 Å². The fourth-order valence-corrected chi connectivity index (χ4v) is 3.99. The van der Waals surface area contributed by atoms with Crippen LogP contribution in [0.5, 0.6) is 0 Å². The Morgan fingerprint density at radius 3 is 1.29 bits per heavy atom. The molecule has 100 valence electrons. The number of carbonyl (C=O) groups excluding carboxylic acids is 2. The number of ether oxygens (including phenoxy) is 1. The summed E-state index contributed by atoms with van der Waals surface area (Å²) in [5, 5.41) is 0. The van der Waals surface area contributed by atoms with Crippen LogP contribution in [0.2, 0.25) is 0 Å². The van der Waals surface area contributed by atoms with E-state index >= 15 is 0 Å². The summed E-state index contributed by atoms with van der Waals surface area (Å²) in [5.74, 6) is -1.30. The molecular weight excluding hydrogens is 264 g/mol. The van der Waals surface area contributed by atoms with E-state index in [4.69, 9.17) is 4.74 Å². The molecule has 0 N–H and O–H groups in total. The van der Waals surface area contributed by atoms with Crippen LogP contribution in [-0.4, -0.2) is 11.9 Å². The van der Waals surface area contributed by atoms with Crippen molar-refractivity contribution in [2.45, 2.75) is 11.8 Å². The highest BCUT2D eigenvalue weighted by atomic mass is 16.6. The second-order valence-electron chi connectivity index (χ2n) is 5.63. The van der Waals surface area contributed by atoms with Crippen molar-refractivity contribution in [3.63, 3.8) is 0 Å². The Morgan fingerprint density at radius 2 is 0.952 bits per heavy atom. The van der Waals surface area contributed by atoms with Crippen LogP contribution in [0, 0.1) is 0 Å². The Balaban J connectivity index is 1.92. The quantitative estimate of drug-likeness (QED) is 0.548. The average molecular weight is 274 g/mol. The maximum absolute atomic E-state index is 12.1. The van der Waals surface area contributed by atoms with Gasteiger partial charge in [0.1, 0.15) is 0 Å². The summed E-state index contributed by atoms with van der Waals surface area (Å²) in [6.07, 6.45) is 0. The van der Waals surface area contributed by atoms with Crippen LogP contribution >= 0.6 is 0 Å². The van der Waals surface area contributed by atoms with Gasteiger partial charge in [0.2, 0.25) is 0 Å². The topological polar surface area (TPSA) is 43.4 Å². The summed E-state index contributed by atoms with van der Waals surface area (Å²) in [6.45, 7) is 0. The molecule has 0 saturated heterocycles. The molecule has 0 amide bonds. The largest absolute Gasteiger partial charge is 0.386 e. The van der Waals surface area contributed by atoms with Gasteiger partial charge < -0.3 is 4.74 Å². The lowest BCUT2D eigenvalue weighted by Crippen LogP contribution is -2.29. The molecule has 0 unspecified atom stereocenters. The highest BCUT2D eigenvalue weighted by Gasteiger charge is 2.51. The highest BCUT2D eigenvalue weighted by Crippen LogP contribution is 2.57. The average Bonchev–Trinajstić information content (AvgIpc) is 2.83. The number of benzene rings is 2. The van der Waals surface area contributed by atoms with Crippen molar-refractivity contribution in [1.29, 1.82) is 0 Å². The van der Waals surface area contributed by atoms with Crippen LogP contribution in [0.25, 0.3) is 0 Å². The van der Waals surface area contributed by atoms with E-state index in [2.05, 4.69) is 0 Å². The van der Waals surface area contributed by atoms with E-state index in [1.165, 1.54) is 0 Å². The molecule has 3 aliphatic carbocycles. The molecule has 2 aromatic rings. The minimum Gasteiger partial charge on any atom is -0.386 e. The molecule has 3 nitrogen and oxygen atoms in total. The lowest BCUT2D eigenvalue weighted by atomic mass is 9.61. The van der Waals surface area contributed by atoms with E-state index in [0.29, 0.717) is 11.1 Å². The van der Waals surface area contributed by atoms with Gasteiger partial charge in [0.15, 0.2) is 0 Å². The van der Waals surface area contributed by atoms with Gasteiger partial charge in [0.25, 0.3) is 0 Å². The van der Waals surface area contributed by atoms with Crippen LogP contribution in [0.4, 0.5) is 0 Å². The van der Waals surface area contributed by atoms with Crippen molar-refractivity contribution in [1.82, 2.24) is 0 Å². The molecule has 2 aromatic carbocycles. The van der Waals surface area contributed by atoms with Crippen molar-refractivity contribution in [3.8, 4) is 0 Å². The lowest BCUT2D eigenvalue weighted by Gasteiger charge is -2.39. The SMILES string of the molecule is O=C1OC(=O)C2=C1C1c3ccccc3C2c2ccccc21. The first-order chi connectivity index (χ1) is 10.3. The summed E-state index contributed by atoms with van der Waals surface area (Å²) < 4.78 is 4.90. The van der Waals surface area contributed by atoms with Gasteiger partial charge in [-0.05, 0) is 22.3 Å². The number of hydrogen-bond acceptors (Lipinski definition) is 3. The van der Waals surface area contributed by atoms with Gasteiger partial charge in [-0.1, -0.05) is 48.5 Å². The smallest absolute Gasteiger partial charge is 0.343 e. The van der Waals surface area contributed by atoms with Crippen molar-refractivity contribution in [2.75, 3.05) is 0 Å². The predicted molar refractivity (Wildman–Crippen MR) is 74.7 cm³/mol. The van der Waals surface area contributed by atoms with Crippen LogP contribution in [0.3, 0.4) is 0 Å². The first-order valence-corrected chi connectivity index (χ1v) is 6.95. The van der Waals surface area contributed by atoms with Gasteiger partial charge in [-0.2, -0.15) is 0 Å². The zero-order chi connectivity index (χ0) is 14.1. The van der Waals surface area contributed by atoms with E-state index in [0.717, 1.165) is 22.3 Å². The number of cyclic esters (lactones) is 2. The van der Waals surface area contributed by atoms with Crippen molar-refractivity contribution < 1.29 is 14.3 Å². The molecule has 1 aliphatic heterocycles. The Labute approximate surface area is 120 Å². The molecular formula is C18H10O3. The highest BCUT2D eigenvalue weighted by molar-refractivity contribution is 6.16. The second kappa shape index (κ2) is 3.50. The summed E-state index contributed by atoms with van der Waals surface area (Å²) >= 11 is 0. The van der Waals surface area contributed by atoms with Gasteiger partial charge in [-0.25, -0.2) is 9.59 Å². The third kappa shape index (κ3) is 1.16. The fourth-order valence-electron chi connectivity index (χ4n) is 3.99. The summed E-state index contributed by atoms with van der Waals surface area (Å²) in [6, 6.07) is 16.1. The molecule has 0 spiro atoms. The molecule has 21 heavy (non-hydrogen) atoms. The number of esters is 2. The Morgan fingerprint density at radius 1 is 0.619 bits per heavy atom. The first-order valence-electron chi connectivity index (χ1n) is 6.95. The third-order valence-electron chi connectivity index (χ3n) is 4.73. The molecule has 2 bridgehead atoms. The van der Waals surface area contributed by atoms with Gasteiger partial charge >= 0.3 is 11.9 Å².